The summed E-state index contributed by atoms with van der Waals surface area (Å²) in [7, 11) is 0. The molecule has 21 heavy (non-hydrogen) atoms. The van der Waals surface area contributed by atoms with Gasteiger partial charge in [-0.25, -0.2) is 0 Å². The number of nitrogens with two attached hydrogens (primary N) is 1. The van der Waals surface area contributed by atoms with Crippen LogP contribution in [0.2, 0.25) is 0 Å². The molecule has 9 nitrogen and oxygen atoms in total. The summed E-state index contributed by atoms with van der Waals surface area (Å²) in [4.78, 5) is 21.6. The van der Waals surface area contributed by atoms with Crippen LogP contribution in [0.15, 0.2) is 12.1 Å². The third-order valence-corrected chi connectivity index (χ3v) is 3.01. The molecular formula is C12H13N5O4. The molecular weight excluding hydrogens is 278 g/mol. The number of carbonyl (C=O) groups is 1. The van der Waals surface area contributed by atoms with E-state index < -0.39 is 22.3 Å². The van der Waals surface area contributed by atoms with Crippen LogP contribution in [0.4, 0.5) is 5.69 Å². The molecule has 1 aromatic heterocycles. The summed E-state index contributed by atoms with van der Waals surface area (Å²) in [6, 6.07) is 2.81. The SMILES string of the molecule is CC(C)c1cc(-c2n[nH]nc2C(N)=O)c(O)c([N+](=O)[O-])c1. The minimum atomic E-state index is -0.851. The first-order chi connectivity index (χ1) is 9.82. The summed E-state index contributed by atoms with van der Waals surface area (Å²) in [5, 5.41) is 30.7. The van der Waals surface area contributed by atoms with Crippen LogP contribution in [-0.4, -0.2) is 31.3 Å². The Labute approximate surface area is 118 Å². The molecule has 0 radical (unpaired) electrons. The number of nitrogens with one attached hydrogen (secondary N) is 1. The smallest absolute Gasteiger partial charge is 0.311 e. The highest BCUT2D eigenvalue weighted by atomic mass is 16.6. The molecule has 0 saturated heterocycles. The number of aromatic amines is 1. The predicted molar refractivity (Wildman–Crippen MR) is 72.7 cm³/mol. The molecule has 0 fully saturated rings. The Morgan fingerprint density at radius 2 is 2.10 bits per heavy atom. The predicted octanol–water partition coefficient (Wildman–Crippen LogP) is 1.31. The monoisotopic (exact) mass is 291 g/mol. The number of nitro groups is 1. The van der Waals surface area contributed by atoms with Gasteiger partial charge < -0.3 is 10.8 Å². The van der Waals surface area contributed by atoms with Crippen molar-refractivity contribution in [1.82, 2.24) is 15.4 Å². The van der Waals surface area contributed by atoms with Crippen LogP contribution in [0.3, 0.4) is 0 Å². The number of benzene rings is 1. The van der Waals surface area contributed by atoms with Gasteiger partial charge in [-0.15, -0.1) is 0 Å². The van der Waals surface area contributed by atoms with E-state index in [2.05, 4.69) is 15.4 Å². The number of aromatic hydroxyl groups is 1. The molecule has 0 atom stereocenters. The second-order valence-electron chi connectivity index (χ2n) is 4.73. The average molecular weight is 291 g/mol. The lowest BCUT2D eigenvalue weighted by Gasteiger charge is -2.10. The summed E-state index contributed by atoms with van der Waals surface area (Å²) >= 11 is 0. The van der Waals surface area contributed by atoms with Crippen LogP contribution in [0.25, 0.3) is 11.3 Å². The van der Waals surface area contributed by atoms with Gasteiger partial charge in [0.25, 0.3) is 5.91 Å². The maximum Gasteiger partial charge on any atom is 0.311 e. The number of amides is 1. The fourth-order valence-electron chi connectivity index (χ4n) is 1.88. The standard InChI is InChI=1S/C12H13N5O4/c1-5(2)6-3-7(11(18)8(4-6)17(20)21)9-10(12(13)19)15-16-14-9/h3-5,18H,1-2H3,(H2,13,19)(H,14,15,16). The molecule has 0 unspecified atom stereocenters. The number of hydrogen-bond acceptors (Lipinski definition) is 6. The summed E-state index contributed by atoms with van der Waals surface area (Å²) in [6.07, 6.45) is 0. The highest BCUT2D eigenvalue weighted by Gasteiger charge is 2.25. The molecule has 0 aliphatic rings. The lowest BCUT2D eigenvalue weighted by atomic mass is 9.97. The number of carbonyl (C=O) groups excluding carboxylic acids is 1. The van der Waals surface area contributed by atoms with Gasteiger partial charge in [0.15, 0.2) is 5.69 Å². The van der Waals surface area contributed by atoms with Crippen molar-refractivity contribution in [3.8, 4) is 17.0 Å². The molecule has 0 aliphatic carbocycles. The van der Waals surface area contributed by atoms with E-state index in [0.29, 0.717) is 5.56 Å². The second-order valence-corrected chi connectivity index (χ2v) is 4.73. The van der Waals surface area contributed by atoms with Crippen LogP contribution in [0, 0.1) is 10.1 Å². The number of nitro benzene ring substituents is 1. The fourth-order valence-corrected chi connectivity index (χ4v) is 1.88. The first-order valence-corrected chi connectivity index (χ1v) is 6.05. The zero-order valence-electron chi connectivity index (χ0n) is 11.3. The number of phenolic OH excluding ortho intramolecular Hbond substituents is 1. The van der Waals surface area contributed by atoms with Gasteiger partial charge in [-0.05, 0) is 17.5 Å². The molecule has 1 heterocycles. The Kier molecular flexibility index (Phi) is 3.57. The van der Waals surface area contributed by atoms with Gasteiger partial charge in [-0.1, -0.05) is 13.8 Å². The van der Waals surface area contributed by atoms with Gasteiger partial charge in [0.1, 0.15) is 5.69 Å². The topological polar surface area (TPSA) is 148 Å². The molecule has 1 amide bonds. The van der Waals surface area contributed by atoms with Crippen molar-refractivity contribution in [3.05, 3.63) is 33.5 Å². The maximum absolute atomic E-state index is 11.3. The van der Waals surface area contributed by atoms with Gasteiger partial charge in [0, 0.05) is 6.07 Å². The third kappa shape index (κ3) is 2.53. The Morgan fingerprint density at radius 1 is 1.43 bits per heavy atom. The number of hydrogen-bond donors (Lipinski definition) is 3. The Morgan fingerprint density at radius 3 is 2.62 bits per heavy atom. The largest absolute Gasteiger partial charge is 0.502 e. The number of nitrogens with zero attached hydrogens (tertiary/aromatic N) is 3. The Hall–Kier alpha value is -2.97. The van der Waals surface area contributed by atoms with Crippen molar-refractivity contribution < 1.29 is 14.8 Å². The van der Waals surface area contributed by atoms with Gasteiger partial charge in [-0.3, -0.25) is 14.9 Å². The quantitative estimate of drug-likeness (QED) is 0.571. The van der Waals surface area contributed by atoms with Crippen molar-refractivity contribution in [2.24, 2.45) is 5.73 Å². The lowest BCUT2D eigenvalue weighted by Crippen LogP contribution is -2.13. The van der Waals surface area contributed by atoms with Crippen LogP contribution >= 0.6 is 0 Å². The average Bonchev–Trinajstić information content (AvgIpc) is 2.87. The summed E-state index contributed by atoms with van der Waals surface area (Å²) in [6.45, 7) is 3.69. The highest BCUT2D eigenvalue weighted by molar-refractivity contribution is 5.97. The van der Waals surface area contributed by atoms with Crippen molar-refractivity contribution >= 4 is 11.6 Å². The van der Waals surface area contributed by atoms with Gasteiger partial charge in [0.05, 0.1) is 10.5 Å². The molecule has 2 aromatic rings. The van der Waals surface area contributed by atoms with Crippen LogP contribution in [-0.2, 0) is 0 Å². The van der Waals surface area contributed by atoms with Gasteiger partial charge in [0.2, 0.25) is 5.75 Å². The van der Waals surface area contributed by atoms with Crippen LogP contribution < -0.4 is 5.73 Å². The molecule has 9 heteroatoms. The van der Waals surface area contributed by atoms with E-state index >= 15 is 0 Å². The first-order valence-electron chi connectivity index (χ1n) is 6.05. The summed E-state index contributed by atoms with van der Waals surface area (Å²) in [5.41, 5.74) is 5.14. The molecule has 4 N–H and O–H groups in total. The molecule has 1 aromatic carbocycles. The van der Waals surface area contributed by atoms with E-state index in [9.17, 15) is 20.0 Å². The van der Waals surface area contributed by atoms with E-state index in [4.69, 9.17) is 5.73 Å². The van der Waals surface area contributed by atoms with E-state index in [1.54, 1.807) is 0 Å². The fraction of sp³-hybridized carbons (Fsp3) is 0.250. The Bertz CT molecular complexity index is 722. The van der Waals surface area contributed by atoms with Crippen molar-refractivity contribution in [2.75, 3.05) is 0 Å². The number of primary amides is 1. The third-order valence-electron chi connectivity index (χ3n) is 3.01. The number of H-pyrrole nitrogens is 1. The molecule has 0 spiro atoms. The highest BCUT2D eigenvalue weighted by Crippen LogP contribution is 2.39. The van der Waals surface area contributed by atoms with Crippen molar-refractivity contribution in [1.29, 1.82) is 0 Å². The zero-order valence-corrected chi connectivity index (χ0v) is 11.3. The summed E-state index contributed by atoms with van der Waals surface area (Å²) in [5.74, 6) is -1.46. The molecule has 0 bridgehead atoms. The molecule has 0 saturated carbocycles. The van der Waals surface area contributed by atoms with Crippen LogP contribution in [0.1, 0.15) is 35.8 Å². The second kappa shape index (κ2) is 5.19. The normalized spacial score (nSPS) is 10.8. The van der Waals surface area contributed by atoms with E-state index in [1.807, 2.05) is 13.8 Å². The van der Waals surface area contributed by atoms with E-state index in [0.717, 1.165) is 0 Å². The van der Waals surface area contributed by atoms with E-state index in [1.165, 1.54) is 12.1 Å². The zero-order chi connectivity index (χ0) is 15.7. The maximum atomic E-state index is 11.3. The lowest BCUT2D eigenvalue weighted by molar-refractivity contribution is -0.385. The summed E-state index contributed by atoms with van der Waals surface area (Å²) < 4.78 is 0. The molecule has 0 aliphatic heterocycles. The van der Waals surface area contributed by atoms with Crippen LogP contribution in [0.5, 0.6) is 5.75 Å². The molecule has 2 rings (SSSR count). The van der Waals surface area contributed by atoms with Gasteiger partial charge >= 0.3 is 5.69 Å². The number of aromatic nitrogens is 3. The first kappa shape index (κ1) is 14.4. The van der Waals surface area contributed by atoms with Gasteiger partial charge in [-0.2, -0.15) is 15.4 Å². The minimum absolute atomic E-state index is 0.0213. The van der Waals surface area contributed by atoms with Crippen molar-refractivity contribution in [3.63, 3.8) is 0 Å². The molecule has 110 valence electrons. The number of phenols is 1. The van der Waals surface area contributed by atoms with E-state index in [-0.39, 0.29) is 22.9 Å². The Balaban J connectivity index is 2.75. The van der Waals surface area contributed by atoms with Crippen molar-refractivity contribution in [2.45, 2.75) is 19.8 Å². The number of rotatable bonds is 4. The minimum Gasteiger partial charge on any atom is -0.502 e.